The maximum atomic E-state index is 5.54. The van der Waals surface area contributed by atoms with E-state index in [1.54, 1.807) is 0 Å². The second-order valence-electron chi connectivity index (χ2n) is 5.87. The molecular formula is C17H28N4O. The van der Waals surface area contributed by atoms with Gasteiger partial charge in [-0.25, -0.2) is 0 Å². The minimum absolute atomic E-state index is 0.820. The minimum Gasteiger partial charge on any atom is -0.493 e. The molecule has 1 aliphatic heterocycles. The molecule has 5 heteroatoms. The Morgan fingerprint density at radius 2 is 2.09 bits per heavy atom. The zero-order chi connectivity index (χ0) is 15.8. The van der Waals surface area contributed by atoms with E-state index >= 15 is 0 Å². The van der Waals surface area contributed by atoms with Crippen LogP contribution in [0.4, 0.5) is 0 Å². The van der Waals surface area contributed by atoms with Gasteiger partial charge in [-0.05, 0) is 50.7 Å². The molecular weight excluding hydrogens is 276 g/mol. The van der Waals surface area contributed by atoms with Crippen LogP contribution in [0, 0.1) is 0 Å². The maximum absolute atomic E-state index is 5.54. The number of benzene rings is 1. The molecule has 2 N–H and O–H groups in total. The van der Waals surface area contributed by atoms with Gasteiger partial charge in [0.25, 0.3) is 0 Å². The lowest BCUT2D eigenvalue weighted by atomic mass is 10.1. The van der Waals surface area contributed by atoms with Gasteiger partial charge in [-0.2, -0.15) is 0 Å². The van der Waals surface area contributed by atoms with Crippen LogP contribution in [0.5, 0.6) is 5.75 Å². The third-order valence-corrected chi connectivity index (χ3v) is 3.76. The first-order valence-electron chi connectivity index (χ1n) is 8.03. The minimum atomic E-state index is 0.820. The van der Waals surface area contributed by atoms with Crippen molar-refractivity contribution in [3.8, 4) is 5.75 Å². The molecule has 22 heavy (non-hydrogen) atoms. The summed E-state index contributed by atoms with van der Waals surface area (Å²) in [5, 5.41) is 6.71. The molecule has 0 aliphatic carbocycles. The normalized spacial score (nSPS) is 13.9. The number of hydrogen-bond donors (Lipinski definition) is 2. The monoisotopic (exact) mass is 304 g/mol. The smallest absolute Gasteiger partial charge is 0.190 e. The topological polar surface area (TPSA) is 48.9 Å². The summed E-state index contributed by atoms with van der Waals surface area (Å²) < 4.78 is 5.54. The van der Waals surface area contributed by atoms with Crippen LogP contribution in [0.25, 0.3) is 0 Å². The van der Waals surface area contributed by atoms with Gasteiger partial charge in [0.1, 0.15) is 5.75 Å². The average molecular weight is 304 g/mol. The quantitative estimate of drug-likeness (QED) is 0.453. The number of aliphatic imine (C=N–C) groups is 1. The summed E-state index contributed by atoms with van der Waals surface area (Å²) in [5.41, 5.74) is 2.68. The van der Waals surface area contributed by atoms with Crippen molar-refractivity contribution in [3.05, 3.63) is 29.3 Å². The molecule has 1 aromatic carbocycles. The first kappa shape index (κ1) is 16.6. The van der Waals surface area contributed by atoms with Crippen LogP contribution in [0.3, 0.4) is 0 Å². The average Bonchev–Trinajstić information content (AvgIpc) is 2.97. The number of hydrogen-bond acceptors (Lipinski definition) is 3. The standard InChI is InChI=1S/C17H28N4O/c1-18-17(19-9-4-11-21(2)3)20-10-7-14-5-6-16-15(13-14)8-12-22-16/h5-6,13H,4,7-12H2,1-3H3,(H2,18,19,20). The number of guanidine groups is 1. The lowest BCUT2D eigenvalue weighted by Gasteiger charge is -2.13. The highest BCUT2D eigenvalue weighted by atomic mass is 16.5. The van der Waals surface area contributed by atoms with Gasteiger partial charge in [0, 0.05) is 26.6 Å². The van der Waals surface area contributed by atoms with Gasteiger partial charge in [-0.3, -0.25) is 4.99 Å². The van der Waals surface area contributed by atoms with Crippen molar-refractivity contribution in [1.82, 2.24) is 15.5 Å². The van der Waals surface area contributed by atoms with E-state index in [0.29, 0.717) is 0 Å². The second kappa shape index (κ2) is 8.63. The molecule has 0 radical (unpaired) electrons. The van der Waals surface area contributed by atoms with Crippen LogP contribution >= 0.6 is 0 Å². The molecule has 0 fully saturated rings. The molecule has 1 aromatic rings. The summed E-state index contributed by atoms with van der Waals surface area (Å²) >= 11 is 0. The van der Waals surface area contributed by atoms with Crippen molar-refractivity contribution >= 4 is 5.96 Å². The number of nitrogens with one attached hydrogen (secondary N) is 2. The number of rotatable bonds is 7. The summed E-state index contributed by atoms with van der Waals surface area (Å²) in [5.74, 6) is 1.93. The van der Waals surface area contributed by atoms with E-state index in [2.05, 4.69) is 52.8 Å². The van der Waals surface area contributed by atoms with E-state index in [4.69, 9.17) is 4.74 Å². The zero-order valence-corrected chi connectivity index (χ0v) is 14.0. The predicted octanol–water partition coefficient (Wildman–Crippen LogP) is 1.28. The number of ether oxygens (including phenoxy) is 1. The first-order valence-corrected chi connectivity index (χ1v) is 8.03. The van der Waals surface area contributed by atoms with E-state index in [9.17, 15) is 0 Å². The molecule has 2 rings (SSSR count). The Bertz CT molecular complexity index is 499. The van der Waals surface area contributed by atoms with Crippen LogP contribution < -0.4 is 15.4 Å². The second-order valence-corrected chi connectivity index (χ2v) is 5.87. The molecule has 0 atom stereocenters. The Hall–Kier alpha value is -1.75. The highest BCUT2D eigenvalue weighted by Gasteiger charge is 2.11. The Labute approximate surface area is 133 Å². The van der Waals surface area contributed by atoms with Crippen molar-refractivity contribution < 1.29 is 4.74 Å². The van der Waals surface area contributed by atoms with Crippen LogP contribution in [0.1, 0.15) is 17.5 Å². The van der Waals surface area contributed by atoms with E-state index in [1.165, 1.54) is 11.1 Å². The molecule has 0 spiro atoms. The summed E-state index contributed by atoms with van der Waals surface area (Å²) in [7, 11) is 6.00. The van der Waals surface area contributed by atoms with Crippen LogP contribution in [0.15, 0.2) is 23.2 Å². The van der Waals surface area contributed by atoms with Crippen molar-refractivity contribution in [2.45, 2.75) is 19.3 Å². The summed E-state index contributed by atoms with van der Waals surface area (Å²) in [6.45, 7) is 3.72. The highest BCUT2D eigenvalue weighted by molar-refractivity contribution is 5.79. The fraction of sp³-hybridized carbons (Fsp3) is 0.588. The molecule has 0 saturated carbocycles. The van der Waals surface area contributed by atoms with E-state index < -0.39 is 0 Å². The molecule has 0 saturated heterocycles. The first-order chi connectivity index (χ1) is 10.7. The Morgan fingerprint density at radius 1 is 1.27 bits per heavy atom. The Balaban J connectivity index is 1.68. The molecule has 5 nitrogen and oxygen atoms in total. The van der Waals surface area contributed by atoms with Gasteiger partial charge in [-0.1, -0.05) is 12.1 Å². The van der Waals surface area contributed by atoms with E-state index in [0.717, 1.165) is 57.2 Å². The van der Waals surface area contributed by atoms with Crippen molar-refractivity contribution in [2.24, 2.45) is 4.99 Å². The largest absolute Gasteiger partial charge is 0.493 e. The fourth-order valence-corrected chi connectivity index (χ4v) is 2.54. The molecule has 0 bridgehead atoms. The van der Waals surface area contributed by atoms with Gasteiger partial charge < -0.3 is 20.3 Å². The summed E-state index contributed by atoms with van der Waals surface area (Å²) in [6, 6.07) is 6.50. The third kappa shape index (κ3) is 5.22. The van der Waals surface area contributed by atoms with Gasteiger partial charge in [-0.15, -0.1) is 0 Å². The van der Waals surface area contributed by atoms with E-state index in [1.807, 2.05) is 7.05 Å². The van der Waals surface area contributed by atoms with Crippen molar-refractivity contribution in [3.63, 3.8) is 0 Å². The molecule has 0 amide bonds. The van der Waals surface area contributed by atoms with E-state index in [-0.39, 0.29) is 0 Å². The molecule has 0 unspecified atom stereocenters. The third-order valence-electron chi connectivity index (χ3n) is 3.76. The highest BCUT2D eigenvalue weighted by Crippen LogP contribution is 2.25. The SMILES string of the molecule is CN=C(NCCCN(C)C)NCCc1ccc2c(c1)CCO2. The van der Waals surface area contributed by atoms with Gasteiger partial charge >= 0.3 is 0 Å². The van der Waals surface area contributed by atoms with Crippen LogP contribution in [-0.2, 0) is 12.8 Å². The fourth-order valence-electron chi connectivity index (χ4n) is 2.54. The predicted molar refractivity (Wildman–Crippen MR) is 91.9 cm³/mol. The summed E-state index contributed by atoms with van der Waals surface area (Å²) in [4.78, 5) is 6.44. The van der Waals surface area contributed by atoms with Gasteiger partial charge in [0.15, 0.2) is 5.96 Å². The van der Waals surface area contributed by atoms with Gasteiger partial charge in [0.05, 0.1) is 6.61 Å². The molecule has 1 heterocycles. The number of fused-ring (bicyclic) bond motifs is 1. The Morgan fingerprint density at radius 3 is 2.86 bits per heavy atom. The van der Waals surface area contributed by atoms with Crippen molar-refractivity contribution in [1.29, 1.82) is 0 Å². The zero-order valence-electron chi connectivity index (χ0n) is 14.0. The number of nitrogens with zero attached hydrogens (tertiary/aromatic N) is 2. The summed E-state index contributed by atoms with van der Waals surface area (Å²) in [6.07, 6.45) is 3.13. The lowest BCUT2D eigenvalue weighted by molar-refractivity contribution is 0.357. The molecule has 1 aliphatic rings. The lowest BCUT2D eigenvalue weighted by Crippen LogP contribution is -2.39. The van der Waals surface area contributed by atoms with Crippen LogP contribution in [-0.4, -0.2) is 58.2 Å². The van der Waals surface area contributed by atoms with Crippen LogP contribution in [0.2, 0.25) is 0 Å². The molecule has 0 aromatic heterocycles. The molecule has 122 valence electrons. The Kier molecular flexibility index (Phi) is 6.52. The maximum Gasteiger partial charge on any atom is 0.190 e. The van der Waals surface area contributed by atoms with Gasteiger partial charge in [0.2, 0.25) is 0 Å². The van der Waals surface area contributed by atoms with Crippen molar-refractivity contribution in [2.75, 3.05) is 47.4 Å².